The third-order valence-corrected chi connectivity index (χ3v) is 7.45. The maximum absolute atomic E-state index is 13.1. The van der Waals surface area contributed by atoms with E-state index in [1.807, 2.05) is 16.7 Å². The van der Waals surface area contributed by atoms with Gasteiger partial charge in [0.25, 0.3) is 11.8 Å². The first-order valence-electron chi connectivity index (χ1n) is 10.4. The van der Waals surface area contributed by atoms with Crippen LogP contribution in [0.25, 0.3) is 0 Å². The molecule has 3 amide bonds. The number of anilines is 1. The van der Waals surface area contributed by atoms with E-state index in [2.05, 4.69) is 0 Å². The van der Waals surface area contributed by atoms with Gasteiger partial charge >= 0.3 is 0 Å². The third kappa shape index (κ3) is 3.14. The molecule has 1 aliphatic carbocycles. The summed E-state index contributed by atoms with van der Waals surface area (Å²) in [7, 11) is 1.69. The molecule has 4 heterocycles. The molecule has 2 aliphatic heterocycles. The average molecular weight is 428 g/mol. The van der Waals surface area contributed by atoms with Crippen LogP contribution in [-0.2, 0) is 17.8 Å². The Morgan fingerprint density at radius 3 is 2.67 bits per heavy atom. The zero-order valence-electron chi connectivity index (χ0n) is 17.5. The summed E-state index contributed by atoms with van der Waals surface area (Å²) in [4.78, 5) is 45.2. The summed E-state index contributed by atoms with van der Waals surface area (Å²) in [6, 6.07) is 1.78. The highest BCUT2D eigenvalue weighted by molar-refractivity contribution is 7.17. The van der Waals surface area contributed by atoms with Crippen molar-refractivity contribution in [2.24, 2.45) is 5.92 Å². The van der Waals surface area contributed by atoms with Crippen molar-refractivity contribution in [1.82, 2.24) is 9.80 Å². The number of carbonyl (C=O) groups is 3. The van der Waals surface area contributed by atoms with Crippen LogP contribution in [-0.4, -0.2) is 54.2 Å². The zero-order valence-corrected chi connectivity index (χ0v) is 18.3. The van der Waals surface area contributed by atoms with E-state index in [1.54, 1.807) is 20.0 Å². The van der Waals surface area contributed by atoms with Crippen molar-refractivity contribution in [2.45, 2.75) is 39.7 Å². The van der Waals surface area contributed by atoms with E-state index in [1.165, 1.54) is 16.2 Å². The van der Waals surface area contributed by atoms with Gasteiger partial charge in [0, 0.05) is 25.0 Å². The molecule has 2 aromatic heterocycles. The Labute approximate surface area is 179 Å². The van der Waals surface area contributed by atoms with Crippen LogP contribution in [0.3, 0.4) is 0 Å². The largest absolute Gasteiger partial charge is 0.466 e. The van der Waals surface area contributed by atoms with Crippen LogP contribution < -0.4 is 4.90 Å². The first kappa shape index (κ1) is 19.4. The highest BCUT2D eigenvalue weighted by Crippen LogP contribution is 2.43. The minimum Gasteiger partial charge on any atom is -0.466 e. The van der Waals surface area contributed by atoms with E-state index >= 15 is 0 Å². The SMILES string of the molecule is Cc1cc(C(=O)N2CCc3c(sc4c3C(=O)N(C)CC(=O)N4CC3CC3)C2)c(C)o1. The van der Waals surface area contributed by atoms with Gasteiger partial charge in [-0.25, -0.2) is 0 Å². The van der Waals surface area contributed by atoms with Crippen molar-refractivity contribution in [1.29, 1.82) is 0 Å². The minimum absolute atomic E-state index is 0.0208. The molecule has 30 heavy (non-hydrogen) atoms. The summed E-state index contributed by atoms with van der Waals surface area (Å²) in [6.45, 7) is 5.44. The zero-order chi connectivity index (χ0) is 21.2. The molecule has 0 spiro atoms. The minimum atomic E-state index is -0.0878. The fraction of sp³-hybridized carbons (Fsp3) is 0.500. The van der Waals surface area contributed by atoms with E-state index in [0.29, 0.717) is 48.9 Å². The lowest BCUT2D eigenvalue weighted by Gasteiger charge is -2.27. The van der Waals surface area contributed by atoms with Gasteiger partial charge in [-0.15, -0.1) is 11.3 Å². The maximum atomic E-state index is 13.1. The van der Waals surface area contributed by atoms with Crippen LogP contribution in [0.2, 0.25) is 0 Å². The molecule has 7 nitrogen and oxygen atoms in total. The molecule has 5 rings (SSSR count). The fourth-order valence-electron chi connectivity index (χ4n) is 4.39. The maximum Gasteiger partial charge on any atom is 0.257 e. The predicted molar refractivity (Wildman–Crippen MR) is 113 cm³/mol. The van der Waals surface area contributed by atoms with Crippen molar-refractivity contribution in [3.63, 3.8) is 0 Å². The lowest BCUT2D eigenvalue weighted by Crippen LogP contribution is -2.38. The topological polar surface area (TPSA) is 74.1 Å². The van der Waals surface area contributed by atoms with Gasteiger partial charge in [0.15, 0.2) is 0 Å². The first-order chi connectivity index (χ1) is 14.3. The molecule has 0 aromatic carbocycles. The van der Waals surface area contributed by atoms with E-state index in [4.69, 9.17) is 4.42 Å². The molecule has 3 aliphatic rings. The van der Waals surface area contributed by atoms with Crippen LogP contribution in [0.4, 0.5) is 5.00 Å². The van der Waals surface area contributed by atoms with Gasteiger partial charge in [-0.3, -0.25) is 14.4 Å². The second-order valence-corrected chi connectivity index (χ2v) is 9.68. The van der Waals surface area contributed by atoms with Gasteiger partial charge < -0.3 is 19.1 Å². The van der Waals surface area contributed by atoms with Crippen LogP contribution in [0, 0.1) is 19.8 Å². The molecule has 158 valence electrons. The molecule has 0 unspecified atom stereocenters. The number of aryl methyl sites for hydroxylation is 2. The Hall–Kier alpha value is -2.61. The van der Waals surface area contributed by atoms with Crippen molar-refractivity contribution < 1.29 is 18.8 Å². The molecule has 1 saturated carbocycles. The van der Waals surface area contributed by atoms with Crippen molar-refractivity contribution in [3.8, 4) is 0 Å². The molecule has 0 atom stereocenters. The molecule has 1 fully saturated rings. The number of carbonyl (C=O) groups excluding carboxylic acids is 3. The standard InChI is InChI=1S/C22H25N3O4S/c1-12-8-16(13(2)29-12)20(27)24-7-6-15-17(10-24)30-22-19(15)21(28)23(3)11-18(26)25(22)9-14-4-5-14/h8,14H,4-7,9-11H2,1-3H3. The number of amides is 3. The fourth-order valence-corrected chi connectivity index (χ4v) is 5.77. The van der Waals surface area contributed by atoms with Crippen LogP contribution in [0.5, 0.6) is 0 Å². The second kappa shape index (κ2) is 6.97. The monoisotopic (exact) mass is 427 g/mol. The van der Waals surface area contributed by atoms with Crippen LogP contribution >= 0.6 is 11.3 Å². The molecule has 0 saturated heterocycles. The van der Waals surface area contributed by atoms with Crippen LogP contribution in [0.1, 0.15) is 55.5 Å². The van der Waals surface area contributed by atoms with Gasteiger partial charge in [0.1, 0.15) is 23.1 Å². The van der Waals surface area contributed by atoms with Crippen molar-refractivity contribution in [2.75, 3.05) is 31.6 Å². The summed E-state index contributed by atoms with van der Waals surface area (Å²) in [6.07, 6.45) is 2.90. The number of furan rings is 1. The Morgan fingerprint density at radius 2 is 2.00 bits per heavy atom. The molecular formula is C22H25N3O4S. The number of thiophene rings is 1. The molecule has 0 bridgehead atoms. The summed E-state index contributed by atoms with van der Waals surface area (Å²) >= 11 is 1.50. The number of nitrogens with zero attached hydrogens (tertiary/aromatic N) is 3. The van der Waals surface area contributed by atoms with Crippen LogP contribution in [0.15, 0.2) is 10.5 Å². The Morgan fingerprint density at radius 1 is 1.23 bits per heavy atom. The summed E-state index contributed by atoms with van der Waals surface area (Å²) in [5, 5.41) is 0.774. The van der Waals surface area contributed by atoms with Crippen molar-refractivity contribution in [3.05, 3.63) is 39.2 Å². The first-order valence-corrected chi connectivity index (χ1v) is 11.2. The number of hydrogen-bond acceptors (Lipinski definition) is 5. The highest BCUT2D eigenvalue weighted by Gasteiger charge is 2.39. The van der Waals surface area contributed by atoms with Crippen molar-refractivity contribution >= 4 is 34.1 Å². The number of likely N-dealkylation sites (N-methyl/N-ethyl adjacent to an activating group) is 1. The molecule has 2 aromatic rings. The Balaban J connectivity index is 1.50. The van der Waals surface area contributed by atoms with Gasteiger partial charge in [-0.05, 0) is 50.7 Å². The smallest absolute Gasteiger partial charge is 0.257 e. The predicted octanol–water partition coefficient (Wildman–Crippen LogP) is 2.99. The summed E-state index contributed by atoms with van der Waals surface area (Å²) < 4.78 is 5.53. The van der Waals surface area contributed by atoms with Gasteiger partial charge in [0.2, 0.25) is 5.91 Å². The second-order valence-electron chi connectivity index (χ2n) is 8.60. The number of hydrogen-bond donors (Lipinski definition) is 0. The van der Waals surface area contributed by atoms with E-state index < -0.39 is 0 Å². The van der Waals surface area contributed by atoms with E-state index in [9.17, 15) is 14.4 Å². The van der Waals surface area contributed by atoms with E-state index in [0.717, 1.165) is 34.0 Å². The Bertz CT molecular complexity index is 1060. The lowest BCUT2D eigenvalue weighted by atomic mass is 10.0. The normalized spacial score (nSPS) is 19.1. The quantitative estimate of drug-likeness (QED) is 0.755. The molecule has 0 N–H and O–H groups in total. The lowest BCUT2D eigenvalue weighted by molar-refractivity contribution is -0.119. The highest BCUT2D eigenvalue weighted by atomic mass is 32.1. The summed E-state index contributed by atoms with van der Waals surface area (Å²) in [5.41, 5.74) is 2.27. The number of rotatable bonds is 3. The van der Waals surface area contributed by atoms with Gasteiger partial charge in [-0.2, -0.15) is 0 Å². The molecule has 8 heteroatoms. The van der Waals surface area contributed by atoms with Gasteiger partial charge in [-0.1, -0.05) is 0 Å². The van der Waals surface area contributed by atoms with E-state index in [-0.39, 0.29) is 24.3 Å². The molecular weight excluding hydrogens is 402 g/mol. The average Bonchev–Trinajstić information content (AvgIpc) is 3.37. The van der Waals surface area contributed by atoms with Gasteiger partial charge in [0.05, 0.1) is 17.7 Å². The molecule has 0 radical (unpaired) electrons. The Kier molecular flexibility index (Phi) is 4.50. The third-order valence-electron chi connectivity index (χ3n) is 6.21. The number of fused-ring (bicyclic) bond motifs is 3. The summed E-state index contributed by atoms with van der Waals surface area (Å²) in [5.74, 6) is 1.73.